The summed E-state index contributed by atoms with van der Waals surface area (Å²) in [6, 6.07) is 16.3. The molecule has 104 valence electrons. The van der Waals surface area contributed by atoms with Gasteiger partial charge in [-0.2, -0.15) is 0 Å². The smallest absolute Gasteiger partial charge is 0.123 e. The van der Waals surface area contributed by atoms with E-state index in [-0.39, 0.29) is 5.82 Å². The van der Waals surface area contributed by atoms with E-state index >= 15 is 0 Å². The fraction of sp³-hybridized carbons (Fsp3) is 0.333. The van der Waals surface area contributed by atoms with Gasteiger partial charge < -0.3 is 5.32 Å². The number of halogens is 1. The molecule has 2 heteroatoms. The number of rotatable bonds is 4. The Kier molecular flexibility index (Phi) is 3.83. The van der Waals surface area contributed by atoms with Crippen LogP contribution in [0.15, 0.2) is 48.5 Å². The van der Waals surface area contributed by atoms with Crippen LogP contribution in [0.25, 0.3) is 0 Å². The predicted octanol–water partition coefficient (Wildman–Crippen LogP) is 4.03. The van der Waals surface area contributed by atoms with Crippen molar-refractivity contribution < 1.29 is 4.39 Å². The van der Waals surface area contributed by atoms with Crippen molar-refractivity contribution in [3.05, 3.63) is 71.0 Å². The Morgan fingerprint density at radius 3 is 2.70 bits per heavy atom. The molecule has 2 aromatic rings. The van der Waals surface area contributed by atoms with Crippen molar-refractivity contribution in [3.63, 3.8) is 0 Å². The average Bonchev–Trinajstić information content (AvgIpc) is 2.85. The lowest BCUT2D eigenvalue weighted by Crippen LogP contribution is -2.31. The van der Waals surface area contributed by atoms with Crippen LogP contribution in [0.4, 0.5) is 4.39 Å². The van der Waals surface area contributed by atoms with E-state index in [2.05, 4.69) is 36.5 Å². The molecule has 1 N–H and O–H groups in total. The van der Waals surface area contributed by atoms with Crippen LogP contribution in [0.3, 0.4) is 0 Å². The summed E-state index contributed by atoms with van der Waals surface area (Å²) in [5.41, 5.74) is 4.09. The van der Waals surface area contributed by atoms with Gasteiger partial charge in [0.1, 0.15) is 5.82 Å². The Labute approximate surface area is 119 Å². The molecule has 0 bridgehead atoms. The van der Waals surface area contributed by atoms with Crippen LogP contribution in [-0.2, 0) is 12.8 Å². The highest BCUT2D eigenvalue weighted by Gasteiger charge is 2.22. The largest absolute Gasteiger partial charge is 0.307 e. The van der Waals surface area contributed by atoms with E-state index in [0.29, 0.717) is 12.1 Å². The third-order valence-corrected chi connectivity index (χ3v) is 4.07. The molecule has 0 aliphatic heterocycles. The third-order valence-electron chi connectivity index (χ3n) is 4.07. The maximum atomic E-state index is 12.9. The van der Waals surface area contributed by atoms with Gasteiger partial charge in [0.2, 0.25) is 0 Å². The van der Waals surface area contributed by atoms with E-state index in [1.54, 1.807) is 0 Å². The predicted molar refractivity (Wildman–Crippen MR) is 80.2 cm³/mol. The summed E-state index contributed by atoms with van der Waals surface area (Å²) >= 11 is 0. The minimum absolute atomic E-state index is 0.168. The second-order valence-corrected chi connectivity index (χ2v) is 5.69. The molecule has 2 unspecified atom stereocenters. The molecule has 2 aromatic carbocycles. The molecule has 0 amide bonds. The van der Waals surface area contributed by atoms with Crippen LogP contribution in [0.2, 0.25) is 0 Å². The fourth-order valence-corrected chi connectivity index (χ4v) is 3.11. The minimum Gasteiger partial charge on any atom is -0.307 e. The van der Waals surface area contributed by atoms with E-state index in [1.807, 2.05) is 12.1 Å². The molecule has 20 heavy (non-hydrogen) atoms. The Balaban J connectivity index is 1.62. The average molecular weight is 269 g/mol. The lowest BCUT2D eigenvalue weighted by Gasteiger charge is -2.20. The van der Waals surface area contributed by atoms with Crippen molar-refractivity contribution in [2.24, 2.45) is 0 Å². The lowest BCUT2D eigenvalue weighted by atomic mass is 10.0. The number of hydrogen-bond donors (Lipinski definition) is 1. The molecular formula is C18H20FN. The standard InChI is InChI=1S/C18H20FN/c1-13(12-14-6-9-16(19)10-7-14)20-18-11-8-15-4-2-3-5-17(15)18/h2-7,9-10,13,18,20H,8,11-12H2,1H3. The number of hydrogen-bond acceptors (Lipinski definition) is 1. The molecule has 1 aliphatic carbocycles. The maximum Gasteiger partial charge on any atom is 0.123 e. The molecule has 0 saturated carbocycles. The Bertz CT molecular complexity index is 576. The van der Waals surface area contributed by atoms with Gasteiger partial charge in [-0.15, -0.1) is 0 Å². The maximum absolute atomic E-state index is 12.9. The van der Waals surface area contributed by atoms with E-state index in [0.717, 1.165) is 12.8 Å². The summed E-state index contributed by atoms with van der Waals surface area (Å²) in [6.45, 7) is 2.20. The van der Waals surface area contributed by atoms with Gasteiger partial charge in [-0.1, -0.05) is 36.4 Å². The first kappa shape index (κ1) is 13.3. The first-order valence-corrected chi connectivity index (χ1v) is 7.30. The summed E-state index contributed by atoms with van der Waals surface area (Å²) in [5, 5.41) is 3.70. The SMILES string of the molecule is CC(Cc1ccc(F)cc1)NC1CCc2ccccc21. The van der Waals surface area contributed by atoms with Gasteiger partial charge in [-0.05, 0) is 55.0 Å². The van der Waals surface area contributed by atoms with Crippen LogP contribution >= 0.6 is 0 Å². The van der Waals surface area contributed by atoms with Gasteiger partial charge in [-0.3, -0.25) is 0 Å². The van der Waals surface area contributed by atoms with E-state index in [4.69, 9.17) is 0 Å². The van der Waals surface area contributed by atoms with Crippen LogP contribution < -0.4 is 5.32 Å². The molecule has 0 spiro atoms. The Morgan fingerprint density at radius 2 is 1.90 bits per heavy atom. The van der Waals surface area contributed by atoms with Crippen LogP contribution in [0.5, 0.6) is 0 Å². The van der Waals surface area contributed by atoms with Crippen LogP contribution in [0.1, 0.15) is 36.1 Å². The van der Waals surface area contributed by atoms with Gasteiger partial charge >= 0.3 is 0 Å². The summed E-state index contributed by atoms with van der Waals surface area (Å²) in [7, 11) is 0. The number of benzene rings is 2. The minimum atomic E-state index is -0.168. The monoisotopic (exact) mass is 269 g/mol. The number of aryl methyl sites for hydroxylation is 1. The molecular weight excluding hydrogens is 249 g/mol. The molecule has 0 fully saturated rings. The van der Waals surface area contributed by atoms with Crippen LogP contribution in [-0.4, -0.2) is 6.04 Å². The quantitative estimate of drug-likeness (QED) is 0.883. The normalized spacial score (nSPS) is 18.8. The van der Waals surface area contributed by atoms with Crippen molar-refractivity contribution in [1.82, 2.24) is 5.32 Å². The molecule has 0 heterocycles. The first-order valence-electron chi connectivity index (χ1n) is 7.30. The van der Waals surface area contributed by atoms with Gasteiger partial charge in [0.15, 0.2) is 0 Å². The molecule has 0 aromatic heterocycles. The summed E-state index contributed by atoms with van der Waals surface area (Å²) in [5.74, 6) is -0.168. The Morgan fingerprint density at radius 1 is 1.15 bits per heavy atom. The zero-order valence-corrected chi connectivity index (χ0v) is 11.8. The van der Waals surface area contributed by atoms with Crippen molar-refractivity contribution in [2.45, 2.75) is 38.3 Å². The molecule has 0 saturated heterocycles. The van der Waals surface area contributed by atoms with Crippen molar-refractivity contribution >= 4 is 0 Å². The number of fused-ring (bicyclic) bond motifs is 1. The van der Waals surface area contributed by atoms with Gasteiger partial charge in [-0.25, -0.2) is 4.39 Å². The summed E-state index contributed by atoms with van der Waals surface area (Å²) < 4.78 is 12.9. The molecule has 3 rings (SSSR count). The lowest BCUT2D eigenvalue weighted by molar-refractivity contribution is 0.451. The molecule has 0 radical (unpaired) electrons. The topological polar surface area (TPSA) is 12.0 Å². The van der Waals surface area contributed by atoms with Crippen molar-refractivity contribution in [3.8, 4) is 0 Å². The third kappa shape index (κ3) is 2.91. The van der Waals surface area contributed by atoms with E-state index in [9.17, 15) is 4.39 Å². The number of nitrogens with one attached hydrogen (secondary N) is 1. The zero-order chi connectivity index (χ0) is 13.9. The second kappa shape index (κ2) is 5.76. The first-order chi connectivity index (χ1) is 9.72. The second-order valence-electron chi connectivity index (χ2n) is 5.69. The van der Waals surface area contributed by atoms with Crippen molar-refractivity contribution in [1.29, 1.82) is 0 Å². The summed E-state index contributed by atoms with van der Waals surface area (Å²) in [4.78, 5) is 0. The zero-order valence-electron chi connectivity index (χ0n) is 11.8. The van der Waals surface area contributed by atoms with Gasteiger partial charge in [0, 0.05) is 12.1 Å². The fourth-order valence-electron chi connectivity index (χ4n) is 3.11. The van der Waals surface area contributed by atoms with Gasteiger partial charge in [0.25, 0.3) is 0 Å². The molecule has 1 nitrogen and oxygen atoms in total. The highest BCUT2D eigenvalue weighted by Crippen LogP contribution is 2.31. The van der Waals surface area contributed by atoms with Gasteiger partial charge in [0.05, 0.1) is 0 Å². The van der Waals surface area contributed by atoms with E-state index in [1.165, 1.54) is 35.2 Å². The molecule has 1 aliphatic rings. The van der Waals surface area contributed by atoms with Crippen molar-refractivity contribution in [2.75, 3.05) is 0 Å². The Hall–Kier alpha value is -1.67. The van der Waals surface area contributed by atoms with Crippen LogP contribution in [0, 0.1) is 5.82 Å². The molecule has 2 atom stereocenters. The van der Waals surface area contributed by atoms with E-state index < -0.39 is 0 Å². The summed E-state index contributed by atoms with van der Waals surface area (Å²) in [6.07, 6.45) is 3.27. The highest BCUT2D eigenvalue weighted by molar-refractivity contribution is 5.34. The highest BCUT2D eigenvalue weighted by atomic mass is 19.1.